The summed E-state index contributed by atoms with van der Waals surface area (Å²) in [6, 6.07) is 3.00. The summed E-state index contributed by atoms with van der Waals surface area (Å²) < 4.78 is 31.0. The first kappa shape index (κ1) is 13.6. The van der Waals surface area contributed by atoms with Crippen molar-refractivity contribution in [3.05, 3.63) is 29.8 Å². The third-order valence-electron chi connectivity index (χ3n) is 2.24. The number of ether oxygens (including phenoxy) is 1. The highest BCUT2D eigenvalue weighted by Crippen LogP contribution is 2.16. The number of nitrogens with one attached hydrogen (secondary N) is 1. The predicted molar refractivity (Wildman–Crippen MR) is 60.0 cm³/mol. The molecule has 0 radical (unpaired) electrons. The molecule has 5 heteroatoms. The van der Waals surface area contributed by atoms with Crippen LogP contribution < -0.4 is 10.1 Å². The number of carbonyl (C=O) groups is 1. The molecule has 1 aromatic rings. The standard InChI is InChI=1S/C12H15F2NO2/c1-15-7-9(2-3-16)8-17-12-5-10(13)4-11(14)6-12/h3-6,9,15H,2,7-8H2,1H3. The van der Waals surface area contributed by atoms with E-state index in [1.165, 1.54) is 0 Å². The van der Waals surface area contributed by atoms with E-state index < -0.39 is 11.6 Å². The average molecular weight is 243 g/mol. The molecule has 0 amide bonds. The fraction of sp³-hybridized carbons (Fsp3) is 0.417. The van der Waals surface area contributed by atoms with Gasteiger partial charge in [0, 0.05) is 37.1 Å². The van der Waals surface area contributed by atoms with Crippen LogP contribution in [0.15, 0.2) is 18.2 Å². The van der Waals surface area contributed by atoms with Crippen molar-refractivity contribution in [1.29, 1.82) is 0 Å². The second-order valence-electron chi connectivity index (χ2n) is 3.74. The third-order valence-corrected chi connectivity index (χ3v) is 2.24. The molecule has 0 aromatic heterocycles. The SMILES string of the molecule is CNCC(CC=O)COc1cc(F)cc(F)c1. The van der Waals surface area contributed by atoms with Crippen LogP contribution in [0.2, 0.25) is 0 Å². The summed E-state index contributed by atoms with van der Waals surface area (Å²) in [5.74, 6) is -1.24. The fourth-order valence-corrected chi connectivity index (χ4v) is 1.46. The van der Waals surface area contributed by atoms with Gasteiger partial charge in [0.1, 0.15) is 23.7 Å². The Hall–Kier alpha value is -1.49. The van der Waals surface area contributed by atoms with E-state index in [9.17, 15) is 13.6 Å². The highest BCUT2D eigenvalue weighted by molar-refractivity contribution is 5.49. The summed E-state index contributed by atoms with van der Waals surface area (Å²) in [7, 11) is 1.76. The molecule has 94 valence electrons. The maximum atomic E-state index is 12.9. The lowest BCUT2D eigenvalue weighted by atomic mass is 10.1. The Morgan fingerprint density at radius 2 is 2.00 bits per heavy atom. The average Bonchev–Trinajstić information content (AvgIpc) is 2.25. The Kier molecular flexibility index (Phi) is 5.56. The van der Waals surface area contributed by atoms with E-state index in [4.69, 9.17) is 4.74 Å². The molecule has 1 atom stereocenters. The summed E-state index contributed by atoms with van der Waals surface area (Å²) >= 11 is 0. The molecule has 3 nitrogen and oxygen atoms in total. The molecule has 0 heterocycles. The number of halogens is 2. The largest absolute Gasteiger partial charge is 0.493 e. The number of hydrogen-bond donors (Lipinski definition) is 1. The fourth-order valence-electron chi connectivity index (χ4n) is 1.46. The van der Waals surface area contributed by atoms with Gasteiger partial charge in [-0.15, -0.1) is 0 Å². The molecule has 0 fully saturated rings. The normalized spacial score (nSPS) is 12.2. The van der Waals surface area contributed by atoms with E-state index >= 15 is 0 Å². The minimum Gasteiger partial charge on any atom is -0.493 e. The molecule has 1 rings (SSSR count). The van der Waals surface area contributed by atoms with Gasteiger partial charge in [0.2, 0.25) is 0 Å². The van der Waals surface area contributed by atoms with Crippen molar-refractivity contribution in [3.8, 4) is 5.75 Å². The van der Waals surface area contributed by atoms with Gasteiger partial charge in [0.15, 0.2) is 0 Å². The molecule has 0 bridgehead atoms. The molecule has 0 saturated carbocycles. The molecule has 1 aromatic carbocycles. The summed E-state index contributed by atoms with van der Waals surface area (Å²) in [5, 5.41) is 2.92. The molecule has 1 unspecified atom stereocenters. The molecule has 0 saturated heterocycles. The number of rotatable bonds is 7. The molecular formula is C12H15F2NO2. The van der Waals surface area contributed by atoms with Gasteiger partial charge >= 0.3 is 0 Å². The van der Waals surface area contributed by atoms with Gasteiger partial charge in [-0.05, 0) is 7.05 Å². The minimum atomic E-state index is -0.680. The van der Waals surface area contributed by atoms with E-state index in [0.29, 0.717) is 13.0 Å². The molecular weight excluding hydrogens is 228 g/mol. The molecule has 0 spiro atoms. The first-order valence-corrected chi connectivity index (χ1v) is 5.33. The first-order valence-electron chi connectivity index (χ1n) is 5.33. The zero-order valence-electron chi connectivity index (χ0n) is 9.58. The lowest BCUT2D eigenvalue weighted by Gasteiger charge is -2.14. The Bertz CT molecular complexity index is 351. The van der Waals surface area contributed by atoms with Gasteiger partial charge < -0.3 is 14.8 Å². The van der Waals surface area contributed by atoms with Gasteiger partial charge in [-0.3, -0.25) is 0 Å². The molecule has 17 heavy (non-hydrogen) atoms. The van der Waals surface area contributed by atoms with Crippen LogP contribution in [0, 0.1) is 17.6 Å². The van der Waals surface area contributed by atoms with Crippen LogP contribution in [0.4, 0.5) is 8.78 Å². The van der Waals surface area contributed by atoms with Crippen LogP contribution in [-0.4, -0.2) is 26.5 Å². The minimum absolute atomic E-state index is 0.0103. The van der Waals surface area contributed by atoms with Crippen LogP contribution in [0.5, 0.6) is 5.75 Å². The van der Waals surface area contributed by atoms with E-state index in [-0.39, 0.29) is 18.3 Å². The van der Waals surface area contributed by atoms with Crippen LogP contribution in [0.3, 0.4) is 0 Å². The number of aldehydes is 1. The van der Waals surface area contributed by atoms with Crippen molar-refractivity contribution >= 4 is 6.29 Å². The third kappa shape index (κ3) is 4.91. The highest BCUT2D eigenvalue weighted by Gasteiger charge is 2.09. The Morgan fingerprint density at radius 3 is 2.53 bits per heavy atom. The van der Waals surface area contributed by atoms with E-state index in [0.717, 1.165) is 24.5 Å². The van der Waals surface area contributed by atoms with Crippen molar-refractivity contribution < 1.29 is 18.3 Å². The lowest BCUT2D eigenvalue weighted by molar-refractivity contribution is -0.108. The van der Waals surface area contributed by atoms with Crippen LogP contribution in [0.1, 0.15) is 6.42 Å². The van der Waals surface area contributed by atoms with Crippen molar-refractivity contribution in [3.63, 3.8) is 0 Å². The van der Waals surface area contributed by atoms with Gasteiger partial charge in [0.05, 0.1) is 6.61 Å². The Labute approximate surface area is 98.8 Å². The quantitative estimate of drug-likeness (QED) is 0.742. The zero-order valence-corrected chi connectivity index (χ0v) is 9.58. The maximum Gasteiger partial charge on any atom is 0.129 e. The predicted octanol–water partition coefficient (Wildman–Crippen LogP) is 1.77. The summed E-state index contributed by atoms with van der Waals surface area (Å²) in [6.45, 7) is 0.846. The Balaban J connectivity index is 2.55. The zero-order chi connectivity index (χ0) is 12.7. The molecule has 0 aliphatic carbocycles. The second-order valence-corrected chi connectivity index (χ2v) is 3.74. The maximum absolute atomic E-state index is 12.9. The second kappa shape index (κ2) is 6.96. The van der Waals surface area contributed by atoms with Crippen molar-refractivity contribution in [2.45, 2.75) is 6.42 Å². The van der Waals surface area contributed by atoms with Crippen molar-refractivity contribution in [2.75, 3.05) is 20.2 Å². The molecule has 0 aliphatic heterocycles. The number of benzene rings is 1. The van der Waals surface area contributed by atoms with Crippen LogP contribution in [0.25, 0.3) is 0 Å². The molecule has 0 aliphatic rings. The number of carbonyl (C=O) groups excluding carboxylic acids is 1. The van der Waals surface area contributed by atoms with Gasteiger partial charge in [0.25, 0.3) is 0 Å². The summed E-state index contributed by atoms with van der Waals surface area (Å²) in [4.78, 5) is 10.4. The van der Waals surface area contributed by atoms with Gasteiger partial charge in [-0.25, -0.2) is 8.78 Å². The first-order chi connectivity index (χ1) is 8.15. The van der Waals surface area contributed by atoms with E-state index in [2.05, 4.69) is 5.32 Å². The van der Waals surface area contributed by atoms with Gasteiger partial charge in [-0.2, -0.15) is 0 Å². The van der Waals surface area contributed by atoms with Gasteiger partial charge in [-0.1, -0.05) is 0 Å². The topological polar surface area (TPSA) is 38.3 Å². The number of hydrogen-bond acceptors (Lipinski definition) is 3. The smallest absolute Gasteiger partial charge is 0.129 e. The molecule has 1 N–H and O–H groups in total. The van der Waals surface area contributed by atoms with Crippen LogP contribution >= 0.6 is 0 Å². The summed E-state index contributed by atoms with van der Waals surface area (Å²) in [5.41, 5.74) is 0. The van der Waals surface area contributed by atoms with Crippen LogP contribution in [-0.2, 0) is 4.79 Å². The monoisotopic (exact) mass is 243 g/mol. The lowest BCUT2D eigenvalue weighted by Crippen LogP contribution is -2.24. The van der Waals surface area contributed by atoms with Crippen molar-refractivity contribution in [2.24, 2.45) is 5.92 Å². The van der Waals surface area contributed by atoms with E-state index in [1.807, 2.05) is 0 Å². The summed E-state index contributed by atoms with van der Waals surface area (Å²) in [6.07, 6.45) is 1.15. The highest BCUT2D eigenvalue weighted by atomic mass is 19.1. The van der Waals surface area contributed by atoms with Crippen molar-refractivity contribution in [1.82, 2.24) is 5.32 Å². The Morgan fingerprint density at radius 1 is 1.35 bits per heavy atom. The van der Waals surface area contributed by atoms with E-state index in [1.54, 1.807) is 7.05 Å².